The van der Waals surface area contributed by atoms with E-state index < -0.39 is 0 Å². The molecular formula is C15H15IN2O2. The van der Waals surface area contributed by atoms with Crippen LogP contribution in [-0.2, 0) is 0 Å². The molecule has 4 nitrogen and oxygen atoms in total. The Bertz CT molecular complexity index is 629. The Morgan fingerprint density at radius 3 is 2.75 bits per heavy atom. The quantitative estimate of drug-likeness (QED) is 0.629. The smallest absolute Gasteiger partial charge is 0.251 e. The van der Waals surface area contributed by atoms with Gasteiger partial charge in [0.2, 0.25) is 0 Å². The van der Waals surface area contributed by atoms with E-state index in [4.69, 9.17) is 10.5 Å². The molecule has 0 unspecified atom stereocenters. The van der Waals surface area contributed by atoms with Gasteiger partial charge in [0.25, 0.3) is 5.91 Å². The number of rotatable bonds is 4. The SMILES string of the molecule is CCNC(=O)c1ccc(Oc2cccc(I)c2)c(N)c1. The summed E-state index contributed by atoms with van der Waals surface area (Å²) in [6, 6.07) is 12.7. The Morgan fingerprint density at radius 1 is 1.30 bits per heavy atom. The number of amides is 1. The maximum absolute atomic E-state index is 11.7. The molecule has 0 aliphatic carbocycles. The number of benzene rings is 2. The van der Waals surface area contributed by atoms with Crippen molar-refractivity contribution in [2.75, 3.05) is 12.3 Å². The summed E-state index contributed by atoms with van der Waals surface area (Å²) in [5.74, 6) is 1.12. The first-order valence-electron chi connectivity index (χ1n) is 6.21. The molecule has 1 amide bonds. The maximum Gasteiger partial charge on any atom is 0.251 e. The molecule has 0 radical (unpaired) electrons. The van der Waals surface area contributed by atoms with E-state index in [9.17, 15) is 4.79 Å². The summed E-state index contributed by atoms with van der Waals surface area (Å²) in [5.41, 5.74) is 6.90. The second-order valence-electron chi connectivity index (χ2n) is 4.17. The average Bonchev–Trinajstić information content (AvgIpc) is 2.41. The highest BCUT2D eigenvalue weighted by Crippen LogP contribution is 2.28. The van der Waals surface area contributed by atoms with Crippen molar-refractivity contribution in [3.63, 3.8) is 0 Å². The molecule has 0 bridgehead atoms. The van der Waals surface area contributed by atoms with E-state index in [0.717, 1.165) is 3.57 Å². The largest absolute Gasteiger partial charge is 0.455 e. The van der Waals surface area contributed by atoms with Crippen LogP contribution >= 0.6 is 22.6 Å². The number of hydrogen-bond acceptors (Lipinski definition) is 3. The van der Waals surface area contributed by atoms with Crippen molar-refractivity contribution in [1.29, 1.82) is 0 Å². The fourth-order valence-electron chi connectivity index (χ4n) is 1.70. The van der Waals surface area contributed by atoms with Gasteiger partial charge in [-0.05, 0) is 65.9 Å². The Balaban J connectivity index is 2.20. The highest BCUT2D eigenvalue weighted by atomic mass is 127. The van der Waals surface area contributed by atoms with Gasteiger partial charge in [0.15, 0.2) is 0 Å². The number of nitrogens with one attached hydrogen (secondary N) is 1. The fraction of sp³-hybridized carbons (Fsp3) is 0.133. The van der Waals surface area contributed by atoms with Gasteiger partial charge in [-0.1, -0.05) is 6.07 Å². The van der Waals surface area contributed by atoms with Gasteiger partial charge in [-0.25, -0.2) is 0 Å². The molecular weight excluding hydrogens is 367 g/mol. The minimum Gasteiger partial charge on any atom is -0.455 e. The van der Waals surface area contributed by atoms with Gasteiger partial charge in [0, 0.05) is 15.7 Å². The molecule has 0 fully saturated rings. The lowest BCUT2D eigenvalue weighted by atomic mass is 10.1. The average molecular weight is 382 g/mol. The molecule has 3 N–H and O–H groups in total. The number of nitrogens with two attached hydrogens (primary N) is 1. The Kier molecular flexibility index (Phi) is 4.84. The lowest BCUT2D eigenvalue weighted by Crippen LogP contribution is -2.22. The molecule has 104 valence electrons. The van der Waals surface area contributed by atoms with Crippen LogP contribution < -0.4 is 15.8 Å². The molecule has 0 atom stereocenters. The molecule has 20 heavy (non-hydrogen) atoms. The standard InChI is InChI=1S/C15H15IN2O2/c1-2-18-15(19)10-6-7-14(13(17)8-10)20-12-5-3-4-11(16)9-12/h3-9H,2,17H2,1H3,(H,18,19). The maximum atomic E-state index is 11.7. The van der Waals surface area contributed by atoms with Crippen LogP contribution in [0.2, 0.25) is 0 Å². The van der Waals surface area contributed by atoms with Gasteiger partial charge in [-0.15, -0.1) is 0 Å². The van der Waals surface area contributed by atoms with Gasteiger partial charge >= 0.3 is 0 Å². The third kappa shape index (κ3) is 3.63. The molecule has 0 aliphatic rings. The van der Waals surface area contributed by atoms with Crippen LogP contribution in [0.3, 0.4) is 0 Å². The fourth-order valence-corrected chi connectivity index (χ4v) is 2.22. The second-order valence-corrected chi connectivity index (χ2v) is 5.42. The Labute approximate surface area is 131 Å². The number of ether oxygens (including phenoxy) is 1. The van der Waals surface area contributed by atoms with Crippen LogP contribution in [0.5, 0.6) is 11.5 Å². The van der Waals surface area contributed by atoms with Gasteiger partial charge in [-0.3, -0.25) is 4.79 Å². The Hall–Kier alpha value is -1.76. The molecule has 0 aliphatic heterocycles. The number of halogens is 1. The first kappa shape index (κ1) is 14.6. The normalized spacial score (nSPS) is 10.1. The van der Waals surface area contributed by atoms with E-state index in [-0.39, 0.29) is 5.91 Å². The third-order valence-corrected chi connectivity index (χ3v) is 3.30. The first-order chi connectivity index (χ1) is 9.60. The van der Waals surface area contributed by atoms with Crippen molar-refractivity contribution in [2.24, 2.45) is 0 Å². The minimum absolute atomic E-state index is 0.139. The van der Waals surface area contributed by atoms with Gasteiger partial charge in [-0.2, -0.15) is 0 Å². The molecule has 0 aromatic heterocycles. The van der Waals surface area contributed by atoms with Gasteiger partial charge in [0.05, 0.1) is 5.69 Å². The van der Waals surface area contributed by atoms with Crippen molar-refractivity contribution < 1.29 is 9.53 Å². The monoisotopic (exact) mass is 382 g/mol. The van der Waals surface area contributed by atoms with E-state index in [1.54, 1.807) is 18.2 Å². The van der Waals surface area contributed by atoms with Crippen LogP contribution in [0.4, 0.5) is 5.69 Å². The zero-order valence-electron chi connectivity index (χ0n) is 11.0. The van der Waals surface area contributed by atoms with Crippen LogP contribution in [-0.4, -0.2) is 12.5 Å². The van der Waals surface area contributed by atoms with Crippen molar-refractivity contribution >= 4 is 34.2 Å². The zero-order valence-corrected chi connectivity index (χ0v) is 13.2. The molecule has 0 saturated carbocycles. The van der Waals surface area contributed by atoms with E-state index in [2.05, 4.69) is 27.9 Å². The van der Waals surface area contributed by atoms with Crippen LogP contribution in [0.15, 0.2) is 42.5 Å². The second kappa shape index (κ2) is 6.60. The van der Waals surface area contributed by atoms with Crippen molar-refractivity contribution in [3.05, 3.63) is 51.6 Å². The number of anilines is 1. The summed E-state index contributed by atoms with van der Waals surface area (Å²) < 4.78 is 6.80. The topological polar surface area (TPSA) is 64.3 Å². The van der Waals surface area contributed by atoms with Crippen molar-refractivity contribution in [3.8, 4) is 11.5 Å². The lowest BCUT2D eigenvalue weighted by molar-refractivity contribution is 0.0956. The highest BCUT2D eigenvalue weighted by molar-refractivity contribution is 14.1. The zero-order chi connectivity index (χ0) is 14.5. The van der Waals surface area contributed by atoms with E-state index in [0.29, 0.717) is 29.3 Å². The first-order valence-corrected chi connectivity index (χ1v) is 7.29. The number of hydrogen-bond donors (Lipinski definition) is 2. The number of carbonyl (C=O) groups excluding carboxylic acids is 1. The van der Waals surface area contributed by atoms with Crippen molar-refractivity contribution in [2.45, 2.75) is 6.92 Å². The van der Waals surface area contributed by atoms with Crippen molar-refractivity contribution in [1.82, 2.24) is 5.32 Å². The molecule has 2 aromatic rings. The minimum atomic E-state index is -0.139. The molecule has 0 heterocycles. The molecule has 5 heteroatoms. The summed E-state index contributed by atoms with van der Waals surface area (Å²) >= 11 is 2.22. The summed E-state index contributed by atoms with van der Waals surface area (Å²) in [5, 5.41) is 2.73. The summed E-state index contributed by atoms with van der Waals surface area (Å²) in [4.78, 5) is 11.7. The summed E-state index contributed by atoms with van der Waals surface area (Å²) in [7, 11) is 0. The van der Waals surface area contributed by atoms with Crippen LogP contribution in [0, 0.1) is 3.57 Å². The third-order valence-electron chi connectivity index (χ3n) is 2.63. The summed E-state index contributed by atoms with van der Waals surface area (Å²) in [6.07, 6.45) is 0. The van der Waals surface area contributed by atoms with E-state index >= 15 is 0 Å². The molecule has 0 spiro atoms. The van der Waals surface area contributed by atoms with Crippen LogP contribution in [0.1, 0.15) is 17.3 Å². The number of carbonyl (C=O) groups is 1. The van der Waals surface area contributed by atoms with Gasteiger partial charge in [0.1, 0.15) is 11.5 Å². The predicted molar refractivity (Wildman–Crippen MR) is 88.1 cm³/mol. The van der Waals surface area contributed by atoms with E-state index in [1.165, 1.54) is 0 Å². The van der Waals surface area contributed by atoms with Crippen LogP contribution in [0.25, 0.3) is 0 Å². The lowest BCUT2D eigenvalue weighted by Gasteiger charge is -2.10. The molecule has 0 saturated heterocycles. The van der Waals surface area contributed by atoms with E-state index in [1.807, 2.05) is 31.2 Å². The number of nitrogen functional groups attached to an aromatic ring is 1. The van der Waals surface area contributed by atoms with Gasteiger partial charge < -0.3 is 15.8 Å². The molecule has 2 aromatic carbocycles. The Morgan fingerprint density at radius 2 is 2.10 bits per heavy atom. The highest BCUT2D eigenvalue weighted by Gasteiger charge is 2.08. The predicted octanol–water partition coefficient (Wildman–Crippen LogP) is 3.42. The molecule has 2 rings (SSSR count). The summed E-state index contributed by atoms with van der Waals surface area (Å²) in [6.45, 7) is 2.45.